The molecule has 0 aromatic rings. The van der Waals surface area contributed by atoms with Gasteiger partial charge < -0.3 is 4.74 Å². The van der Waals surface area contributed by atoms with Crippen molar-refractivity contribution in [2.45, 2.75) is 37.3 Å². The first-order valence-electron chi connectivity index (χ1n) is 4.90. The Morgan fingerprint density at radius 1 is 1.50 bits per heavy atom. The van der Waals surface area contributed by atoms with E-state index >= 15 is 0 Å². The quantitative estimate of drug-likeness (QED) is 0.506. The predicted molar refractivity (Wildman–Crippen MR) is 60.1 cm³/mol. The van der Waals surface area contributed by atoms with Crippen LogP contribution in [0.25, 0.3) is 0 Å². The van der Waals surface area contributed by atoms with Gasteiger partial charge in [-0.2, -0.15) is 11.8 Å². The Morgan fingerprint density at radius 2 is 2.33 bits per heavy atom. The molecule has 0 spiro atoms. The first kappa shape index (κ1) is 10.6. The lowest BCUT2D eigenvalue weighted by molar-refractivity contribution is -0.0227. The summed E-state index contributed by atoms with van der Waals surface area (Å²) in [5, 5.41) is 0.355. The molecule has 1 atom stereocenters. The molecule has 1 heterocycles. The van der Waals surface area contributed by atoms with E-state index in [0.717, 1.165) is 6.61 Å². The van der Waals surface area contributed by atoms with Crippen molar-refractivity contribution in [3.8, 4) is 0 Å². The Hall–Kier alpha value is 0.527. The molecule has 0 amide bonds. The largest absolute Gasteiger partial charge is 0.380 e. The van der Waals surface area contributed by atoms with E-state index < -0.39 is 0 Å². The Balaban J connectivity index is 2.17. The van der Waals surface area contributed by atoms with Crippen LogP contribution in [0.2, 0.25) is 0 Å². The van der Waals surface area contributed by atoms with Crippen molar-refractivity contribution >= 4 is 22.0 Å². The smallest absolute Gasteiger partial charge is 0.0486 e. The lowest BCUT2D eigenvalue weighted by Gasteiger charge is -2.34. The average Bonchev–Trinajstić information content (AvgIpc) is 2.06. The number of ether oxygens (including phenoxy) is 1. The van der Waals surface area contributed by atoms with Crippen molar-refractivity contribution < 1.29 is 4.74 Å². The average molecular weight is 204 g/mol. The highest BCUT2D eigenvalue weighted by Gasteiger charge is 2.26. The Bertz CT molecular complexity index is 124. The summed E-state index contributed by atoms with van der Waals surface area (Å²) in [5.41, 5.74) is 0. The van der Waals surface area contributed by atoms with Gasteiger partial charge in [0, 0.05) is 22.1 Å². The predicted octanol–water partition coefficient (Wildman–Crippen LogP) is 1.39. The van der Waals surface area contributed by atoms with Gasteiger partial charge in [-0.05, 0) is 44.1 Å². The van der Waals surface area contributed by atoms with Crippen LogP contribution in [0.1, 0.15) is 32.1 Å². The fourth-order valence-electron chi connectivity index (χ4n) is 1.78. The Labute approximate surface area is 83.1 Å². The monoisotopic (exact) mass is 204 g/mol. The minimum Gasteiger partial charge on any atom is -0.380 e. The van der Waals surface area contributed by atoms with E-state index in [-0.39, 0.29) is 0 Å². The van der Waals surface area contributed by atoms with Crippen LogP contribution in [0.4, 0.5) is 0 Å². The second-order valence-corrected chi connectivity index (χ2v) is 6.66. The number of thioether (sulfide) groups is 1. The summed E-state index contributed by atoms with van der Waals surface area (Å²) in [6, 6.07) is 0. The molecule has 0 radical (unpaired) electrons. The second-order valence-electron chi connectivity index (χ2n) is 3.85. The second kappa shape index (κ2) is 5.30. The molecule has 0 N–H and O–H groups in total. The van der Waals surface area contributed by atoms with Gasteiger partial charge in [-0.1, -0.05) is 0 Å². The van der Waals surface area contributed by atoms with Crippen LogP contribution in [0.5, 0.6) is 0 Å². The molecule has 1 unspecified atom stereocenters. The molecule has 1 fully saturated rings. The van der Waals surface area contributed by atoms with Crippen LogP contribution in [-0.2, 0) is 4.74 Å². The van der Waals surface area contributed by atoms with Gasteiger partial charge in [0.15, 0.2) is 0 Å². The van der Waals surface area contributed by atoms with E-state index in [1.54, 1.807) is 0 Å². The molecule has 1 aliphatic heterocycles. The van der Waals surface area contributed by atoms with Gasteiger partial charge in [-0.3, -0.25) is 0 Å². The van der Waals surface area contributed by atoms with E-state index in [2.05, 4.69) is 6.26 Å². The van der Waals surface area contributed by atoms with E-state index in [1.165, 1.54) is 48.1 Å². The zero-order valence-corrected chi connectivity index (χ0v) is 11.1. The standard InChI is InChI=1S/C9H20OSSi/c1-11-8-4-6-9(12)5-2-3-7-10-9/h2-8H2,1,12H3. The van der Waals surface area contributed by atoms with E-state index in [9.17, 15) is 0 Å². The maximum atomic E-state index is 5.86. The van der Waals surface area contributed by atoms with Crippen molar-refractivity contribution in [3.05, 3.63) is 0 Å². The summed E-state index contributed by atoms with van der Waals surface area (Å²) in [4.78, 5) is 0. The number of hydrogen-bond acceptors (Lipinski definition) is 2. The van der Waals surface area contributed by atoms with Crippen molar-refractivity contribution in [2.75, 3.05) is 18.6 Å². The lowest BCUT2D eigenvalue weighted by atomic mass is 10.0. The summed E-state index contributed by atoms with van der Waals surface area (Å²) < 4.78 is 5.86. The molecule has 12 heavy (non-hydrogen) atoms. The van der Waals surface area contributed by atoms with Crippen LogP contribution >= 0.6 is 11.8 Å². The van der Waals surface area contributed by atoms with Crippen molar-refractivity contribution in [1.82, 2.24) is 0 Å². The van der Waals surface area contributed by atoms with E-state index in [1.807, 2.05) is 11.8 Å². The molecule has 0 aromatic carbocycles. The molecule has 0 saturated carbocycles. The SMILES string of the molecule is CSCCCC1([SiH3])CCCCO1. The maximum Gasteiger partial charge on any atom is 0.0486 e. The molecule has 3 heteroatoms. The highest BCUT2D eigenvalue weighted by atomic mass is 32.2. The molecule has 1 rings (SSSR count). The van der Waals surface area contributed by atoms with Gasteiger partial charge in [0.05, 0.1) is 0 Å². The lowest BCUT2D eigenvalue weighted by Crippen LogP contribution is -2.36. The zero-order valence-electron chi connectivity index (χ0n) is 8.27. The summed E-state index contributed by atoms with van der Waals surface area (Å²) in [6.07, 6.45) is 8.83. The van der Waals surface area contributed by atoms with Crippen molar-refractivity contribution in [1.29, 1.82) is 0 Å². The maximum absolute atomic E-state index is 5.86. The topological polar surface area (TPSA) is 9.23 Å². The third-order valence-electron chi connectivity index (χ3n) is 2.60. The van der Waals surface area contributed by atoms with Crippen molar-refractivity contribution in [2.24, 2.45) is 0 Å². The Morgan fingerprint density at radius 3 is 2.92 bits per heavy atom. The first-order valence-corrected chi connectivity index (χ1v) is 7.29. The molecule has 72 valence electrons. The zero-order chi connectivity index (χ0) is 8.86. The van der Waals surface area contributed by atoms with Crippen LogP contribution < -0.4 is 0 Å². The molecule has 0 bridgehead atoms. The molecule has 1 aliphatic rings. The Kier molecular flexibility index (Phi) is 4.68. The van der Waals surface area contributed by atoms with Gasteiger partial charge in [0.25, 0.3) is 0 Å². The fourth-order valence-corrected chi connectivity index (χ4v) is 3.12. The number of hydrogen-bond donors (Lipinski definition) is 0. The van der Waals surface area contributed by atoms with Gasteiger partial charge in [-0.15, -0.1) is 0 Å². The van der Waals surface area contributed by atoms with Crippen LogP contribution in [0.3, 0.4) is 0 Å². The molecule has 1 saturated heterocycles. The normalized spacial score (nSPS) is 30.8. The summed E-state index contributed by atoms with van der Waals surface area (Å²) in [6.45, 7) is 1.02. The van der Waals surface area contributed by atoms with Crippen LogP contribution in [-0.4, -0.2) is 34.1 Å². The van der Waals surface area contributed by atoms with Gasteiger partial charge in [0.2, 0.25) is 0 Å². The van der Waals surface area contributed by atoms with Crippen molar-refractivity contribution in [3.63, 3.8) is 0 Å². The molecular weight excluding hydrogens is 184 g/mol. The molecule has 1 nitrogen and oxygen atoms in total. The van der Waals surface area contributed by atoms with Gasteiger partial charge in [0.1, 0.15) is 0 Å². The third kappa shape index (κ3) is 3.50. The van der Waals surface area contributed by atoms with Gasteiger partial charge in [-0.25, -0.2) is 0 Å². The molecule has 0 aliphatic carbocycles. The highest BCUT2D eigenvalue weighted by molar-refractivity contribution is 7.98. The third-order valence-corrected chi connectivity index (χ3v) is 4.59. The molecule has 0 aromatic heterocycles. The summed E-state index contributed by atoms with van der Waals surface area (Å²) in [5.74, 6) is 1.30. The van der Waals surface area contributed by atoms with E-state index in [4.69, 9.17) is 4.74 Å². The summed E-state index contributed by atoms with van der Waals surface area (Å²) in [7, 11) is 1.22. The molecular formula is C9H20OSSi. The summed E-state index contributed by atoms with van der Waals surface area (Å²) >= 11 is 1.95. The van der Waals surface area contributed by atoms with Crippen LogP contribution in [0, 0.1) is 0 Å². The highest BCUT2D eigenvalue weighted by Crippen LogP contribution is 2.26. The van der Waals surface area contributed by atoms with Gasteiger partial charge >= 0.3 is 0 Å². The minimum atomic E-state index is 0.355. The van der Waals surface area contributed by atoms with Crippen LogP contribution in [0.15, 0.2) is 0 Å². The fraction of sp³-hybridized carbons (Fsp3) is 1.00. The minimum absolute atomic E-state index is 0.355. The number of rotatable bonds is 4. The first-order chi connectivity index (χ1) is 5.77. The van der Waals surface area contributed by atoms with E-state index in [0.29, 0.717) is 5.22 Å².